The minimum atomic E-state index is -5.12. The Hall–Kier alpha value is 1.66. The summed E-state index contributed by atoms with van der Waals surface area (Å²) in [6, 6.07) is 0. The van der Waals surface area contributed by atoms with Gasteiger partial charge in [-0.2, -0.15) is 0 Å². The normalized spacial score (nSPS) is 7.25. The van der Waals surface area contributed by atoms with Crippen molar-refractivity contribution in [2.45, 2.75) is 0 Å². The first kappa shape index (κ1) is 22.6. The van der Waals surface area contributed by atoms with Crippen LogP contribution in [0.1, 0.15) is 1.43 Å². The summed E-state index contributed by atoms with van der Waals surface area (Å²) in [5.74, 6) is 0. The van der Waals surface area contributed by atoms with Crippen LogP contribution in [0.4, 0.5) is 0 Å². The van der Waals surface area contributed by atoms with E-state index in [0.717, 1.165) is 0 Å². The molecule has 0 aromatic heterocycles. The summed E-state index contributed by atoms with van der Waals surface area (Å²) >= 11 is -5.12. The third kappa shape index (κ3) is 123. The van der Waals surface area contributed by atoms with Gasteiger partial charge in [-0.3, -0.25) is 0 Å². The van der Waals surface area contributed by atoms with Gasteiger partial charge in [0, 0.05) is 33.8 Å². The molecule has 2 N–H and O–H groups in total. The molecule has 0 bridgehead atoms. The zero-order valence-electron chi connectivity index (χ0n) is 4.78. The molecule has 8 heavy (non-hydrogen) atoms. The average Bonchev–Trinajstić information content (AvgIpc) is 0.722. The van der Waals surface area contributed by atoms with Crippen LogP contribution in [0.5, 0.6) is 0 Å². The summed E-state index contributed by atoms with van der Waals surface area (Å²) in [6.07, 6.45) is 0. The number of hydrogen-bond donors (Lipinski definition) is 2. The van der Waals surface area contributed by atoms with Crippen molar-refractivity contribution in [3.8, 4) is 0 Å². The summed E-state index contributed by atoms with van der Waals surface area (Å²) in [5.41, 5.74) is 0. The van der Waals surface area contributed by atoms with Crippen LogP contribution in [0.25, 0.3) is 0 Å². The molecular formula is H3CoFeLiMnO4. The van der Waals surface area contributed by atoms with Crippen LogP contribution in [0.15, 0.2) is 0 Å². The van der Waals surface area contributed by atoms with Gasteiger partial charge in [0.25, 0.3) is 0 Å². The standard InChI is InChI=1S/Co.Fe.Li.Mn.2H2O.2O.H/h;;;;2*1H2;;;/q;;+1;+2;;;;;-1/p-2. The molecule has 0 aromatic rings. The van der Waals surface area contributed by atoms with Gasteiger partial charge in [0.1, 0.15) is 0 Å². The van der Waals surface area contributed by atoms with E-state index in [0.29, 0.717) is 0 Å². The van der Waals surface area contributed by atoms with E-state index in [1.54, 1.807) is 0 Å². The first-order chi connectivity index (χ1) is 2.00. The van der Waals surface area contributed by atoms with E-state index in [9.17, 15) is 0 Å². The Morgan fingerprint density at radius 1 is 1.25 bits per heavy atom. The van der Waals surface area contributed by atoms with Crippen LogP contribution in [-0.2, 0) is 54.9 Å². The second kappa shape index (κ2) is 8.66. The summed E-state index contributed by atoms with van der Waals surface area (Å²) < 4.78 is 31.8. The Morgan fingerprint density at radius 2 is 1.25 bits per heavy atom. The van der Waals surface area contributed by atoms with Gasteiger partial charge in [0.2, 0.25) is 0 Å². The van der Waals surface area contributed by atoms with Gasteiger partial charge in [0.15, 0.2) is 0 Å². The van der Waals surface area contributed by atoms with Crippen LogP contribution >= 0.6 is 0 Å². The molecule has 0 aromatic carbocycles. The second-order valence-electron chi connectivity index (χ2n) is 0.415. The SMILES string of the molecule is [Co].[Fe].[H-].[Li+].[O]=[Mn](=[O])([OH])[OH]. The van der Waals surface area contributed by atoms with Crippen LogP contribution in [0.2, 0.25) is 0 Å². The maximum absolute atomic E-state index is 8.80. The monoisotopic (exact) mass is 244 g/mol. The first-order valence-corrected chi connectivity index (χ1v) is 2.67. The molecule has 4 nitrogen and oxygen atoms in total. The Bertz CT molecular complexity index is 104. The molecule has 0 fully saturated rings. The number of hydrogen-bond acceptors (Lipinski definition) is 2. The summed E-state index contributed by atoms with van der Waals surface area (Å²) in [7, 11) is 0. The van der Waals surface area contributed by atoms with Crippen molar-refractivity contribution >= 4 is 0 Å². The van der Waals surface area contributed by atoms with E-state index in [-0.39, 0.29) is 54.1 Å². The van der Waals surface area contributed by atoms with E-state index >= 15 is 0 Å². The summed E-state index contributed by atoms with van der Waals surface area (Å²) in [6.45, 7) is 0. The van der Waals surface area contributed by atoms with E-state index in [2.05, 4.69) is 0 Å². The summed E-state index contributed by atoms with van der Waals surface area (Å²) in [4.78, 5) is 0. The molecule has 0 spiro atoms. The molecule has 1 radical (unpaired) electrons. The van der Waals surface area contributed by atoms with Crippen molar-refractivity contribution in [2.24, 2.45) is 0 Å². The second-order valence-corrected chi connectivity index (χ2v) is 1.71. The average molecular weight is 244 g/mol. The van der Waals surface area contributed by atoms with Crippen molar-refractivity contribution in [1.29, 1.82) is 0 Å². The topological polar surface area (TPSA) is 74.6 Å². The maximum atomic E-state index is 8.80. The van der Waals surface area contributed by atoms with E-state index in [1.807, 2.05) is 0 Å². The Balaban J connectivity index is -0.0000000133. The van der Waals surface area contributed by atoms with E-state index < -0.39 is 13.4 Å². The molecule has 0 rings (SSSR count). The van der Waals surface area contributed by atoms with Gasteiger partial charge >= 0.3 is 48.3 Å². The molecule has 52 valence electrons. The van der Waals surface area contributed by atoms with Crippen LogP contribution < -0.4 is 18.9 Å². The third-order valence-corrected chi connectivity index (χ3v) is 0. The van der Waals surface area contributed by atoms with Crippen molar-refractivity contribution in [3.05, 3.63) is 0 Å². The molecule has 0 amide bonds. The van der Waals surface area contributed by atoms with Crippen molar-refractivity contribution < 1.29 is 83.6 Å². The zero-order valence-corrected chi connectivity index (χ0v) is 7.10. The Morgan fingerprint density at radius 3 is 1.25 bits per heavy atom. The van der Waals surface area contributed by atoms with Crippen molar-refractivity contribution in [2.75, 3.05) is 0 Å². The van der Waals surface area contributed by atoms with Gasteiger partial charge in [0.05, 0.1) is 0 Å². The first-order valence-electron chi connectivity index (χ1n) is 0.647. The third-order valence-electron chi connectivity index (χ3n) is 0. The van der Waals surface area contributed by atoms with Gasteiger partial charge < -0.3 is 1.43 Å². The fraction of sp³-hybridized carbons (Fsp3) is 0. The van der Waals surface area contributed by atoms with Crippen LogP contribution in [0.3, 0.4) is 0 Å². The number of rotatable bonds is 0. The van der Waals surface area contributed by atoms with Gasteiger partial charge in [-0.1, -0.05) is 0 Å². The molecule has 0 aliphatic rings. The van der Waals surface area contributed by atoms with Gasteiger partial charge in [-0.25, -0.2) is 0 Å². The Kier molecular flexibility index (Phi) is 24.5. The van der Waals surface area contributed by atoms with Crippen molar-refractivity contribution in [3.63, 3.8) is 0 Å². The minimum absolute atomic E-state index is 0. The fourth-order valence-corrected chi connectivity index (χ4v) is 0. The predicted octanol–water partition coefficient (Wildman–Crippen LogP) is -4.24. The van der Waals surface area contributed by atoms with Gasteiger partial charge in [-0.05, 0) is 0 Å². The van der Waals surface area contributed by atoms with Crippen LogP contribution in [-0.4, -0.2) is 8.38 Å². The summed E-state index contributed by atoms with van der Waals surface area (Å²) in [5, 5.41) is 0. The van der Waals surface area contributed by atoms with E-state index in [1.165, 1.54) is 0 Å². The molecular weight excluding hydrogens is 241 g/mol. The Labute approximate surface area is 83.0 Å². The predicted molar refractivity (Wildman–Crippen MR) is 6.92 cm³/mol. The van der Waals surface area contributed by atoms with Crippen LogP contribution in [0, 0.1) is 0 Å². The van der Waals surface area contributed by atoms with E-state index in [4.69, 9.17) is 16.0 Å². The molecule has 8 heteroatoms. The molecule has 0 atom stereocenters. The molecule has 0 saturated carbocycles. The molecule has 0 unspecified atom stereocenters. The molecule has 0 aliphatic heterocycles. The molecule has 0 saturated heterocycles. The zero-order chi connectivity index (χ0) is 4.50. The quantitative estimate of drug-likeness (QED) is 0.423. The fourth-order valence-electron chi connectivity index (χ4n) is 0. The molecule has 0 aliphatic carbocycles. The van der Waals surface area contributed by atoms with Gasteiger partial charge in [-0.15, -0.1) is 0 Å². The molecule has 0 heterocycles. The van der Waals surface area contributed by atoms with Crippen molar-refractivity contribution in [1.82, 2.24) is 0 Å².